The van der Waals surface area contributed by atoms with E-state index >= 15 is 0 Å². The van der Waals surface area contributed by atoms with E-state index in [1.165, 1.54) is 0 Å². The van der Waals surface area contributed by atoms with E-state index in [-0.39, 0.29) is 23.0 Å². The van der Waals surface area contributed by atoms with Crippen molar-refractivity contribution in [3.8, 4) is 0 Å². The van der Waals surface area contributed by atoms with Gasteiger partial charge in [0.05, 0.1) is 24.0 Å². The monoisotopic (exact) mass is 339 g/mol. The zero-order valence-electron chi connectivity index (χ0n) is 13.6. The SMILES string of the molecule is Cc1cnn(CC2CCCN2C(=O)CS(=O)(=O)C2CCCC2)c1. The summed E-state index contributed by atoms with van der Waals surface area (Å²) >= 11 is 0. The number of likely N-dealkylation sites (tertiary alicyclic amines) is 1. The molecule has 0 bridgehead atoms. The van der Waals surface area contributed by atoms with Gasteiger partial charge in [0.15, 0.2) is 9.84 Å². The lowest BCUT2D eigenvalue weighted by Gasteiger charge is -2.25. The minimum atomic E-state index is -3.30. The molecule has 0 N–H and O–H groups in total. The summed E-state index contributed by atoms with van der Waals surface area (Å²) in [7, 11) is -3.30. The lowest BCUT2D eigenvalue weighted by Crippen LogP contribution is -2.42. The molecular weight excluding hydrogens is 314 g/mol. The fraction of sp³-hybridized carbons (Fsp3) is 0.750. The number of hydrogen-bond acceptors (Lipinski definition) is 4. The van der Waals surface area contributed by atoms with E-state index in [0.717, 1.165) is 31.2 Å². The van der Waals surface area contributed by atoms with Crippen molar-refractivity contribution in [3.63, 3.8) is 0 Å². The first-order valence-corrected chi connectivity index (χ1v) is 10.2. The molecule has 2 aliphatic rings. The van der Waals surface area contributed by atoms with Gasteiger partial charge in [0.1, 0.15) is 5.75 Å². The van der Waals surface area contributed by atoms with Crippen molar-refractivity contribution in [1.82, 2.24) is 14.7 Å². The van der Waals surface area contributed by atoms with E-state index in [2.05, 4.69) is 5.10 Å². The summed E-state index contributed by atoms with van der Waals surface area (Å²) in [5.74, 6) is -0.560. The van der Waals surface area contributed by atoms with Crippen LogP contribution in [-0.2, 0) is 21.2 Å². The van der Waals surface area contributed by atoms with Gasteiger partial charge in [0, 0.05) is 12.7 Å². The molecule has 23 heavy (non-hydrogen) atoms. The summed E-state index contributed by atoms with van der Waals surface area (Å²) in [6, 6.07) is 0.0561. The van der Waals surface area contributed by atoms with E-state index in [1.54, 1.807) is 11.1 Å². The number of aryl methyl sites for hydroxylation is 1. The lowest BCUT2D eigenvalue weighted by molar-refractivity contribution is -0.129. The quantitative estimate of drug-likeness (QED) is 0.816. The minimum Gasteiger partial charge on any atom is -0.337 e. The molecule has 1 aromatic rings. The maximum atomic E-state index is 12.5. The molecular formula is C16H25N3O3S. The summed E-state index contributed by atoms with van der Waals surface area (Å²) in [5.41, 5.74) is 1.09. The second kappa shape index (κ2) is 6.63. The van der Waals surface area contributed by atoms with Gasteiger partial charge in [-0.3, -0.25) is 9.48 Å². The van der Waals surface area contributed by atoms with Crippen LogP contribution >= 0.6 is 0 Å². The van der Waals surface area contributed by atoms with Crippen LogP contribution in [0.15, 0.2) is 12.4 Å². The maximum Gasteiger partial charge on any atom is 0.238 e. The van der Waals surface area contributed by atoms with E-state index in [9.17, 15) is 13.2 Å². The average molecular weight is 339 g/mol. The van der Waals surface area contributed by atoms with Gasteiger partial charge in [0.2, 0.25) is 5.91 Å². The number of aromatic nitrogens is 2. The third-order valence-electron chi connectivity index (χ3n) is 4.99. The number of nitrogens with zero attached hydrogens (tertiary/aromatic N) is 3. The maximum absolute atomic E-state index is 12.5. The Kier molecular flexibility index (Phi) is 4.75. The summed E-state index contributed by atoms with van der Waals surface area (Å²) in [5, 5.41) is 3.97. The molecule has 128 valence electrons. The molecule has 1 unspecified atom stereocenters. The number of carbonyl (C=O) groups excluding carboxylic acids is 1. The Morgan fingerprint density at radius 3 is 2.65 bits per heavy atom. The third-order valence-corrected chi connectivity index (χ3v) is 7.13. The zero-order chi connectivity index (χ0) is 16.4. The smallest absolute Gasteiger partial charge is 0.238 e. The van der Waals surface area contributed by atoms with Gasteiger partial charge in [-0.2, -0.15) is 5.10 Å². The van der Waals surface area contributed by atoms with Gasteiger partial charge < -0.3 is 4.90 Å². The van der Waals surface area contributed by atoms with Gasteiger partial charge in [0.25, 0.3) is 0 Å². The molecule has 6 nitrogen and oxygen atoms in total. The van der Waals surface area contributed by atoms with Crippen LogP contribution in [0.5, 0.6) is 0 Å². The minimum absolute atomic E-state index is 0.0561. The highest BCUT2D eigenvalue weighted by Gasteiger charge is 2.35. The highest BCUT2D eigenvalue weighted by atomic mass is 32.2. The van der Waals surface area contributed by atoms with Crippen LogP contribution in [-0.4, -0.2) is 52.6 Å². The molecule has 1 aliphatic heterocycles. The Bertz CT molecular complexity index is 662. The van der Waals surface area contributed by atoms with Crippen molar-refractivity contribution in [2.45, 2.75) is 63.3 Å². The van der Waals surface area contributed by atoms with Crippen molar-refractivity contribution in [2.75, 3.05) is 12.3 Å². The molecule has 7 heteroatoms. The van der Waals surface area contributed by atoms with Crippen LogP contribution in [0, 0.1) is 6.92 Å². The standard InChI is InChI=1S/C16H25N3O3S/c1-13-9-17-18(10-13)11-14-5-4-8-19(14)16(20)12-23(21,22)15-6-2-3-7-15/h9-10,14-15H,2-8,11-12H2,1H3. The molecule has 1 atom stereocenters. The molecule has 1 saturated carbocycles. The Morgan fingerprint density at radius 2 is 2.00 bits per heavy atom. The van der Waals surface area contributed by atoms with E-state index in [4.69, 9.17) is 0 Å². The first-order chi connectivity index (χ1) is 11.0. The number of hydrogen-bond donors (Lipinski definition) is 0. The first kappa shape index (κ1) is 16.5. The van der Waals surface area contributed by atoms with E-state index in [0.29, 0.717) is 25.9 Å². The lowest BCUT2D eigenvalue weighted by atomic mass is 10.2. The summed E-state index contributed by atoms with van der Waals surface area (Å²) in [6.07, 6.45) is 8.94. The van der Waals surface area contributed by atoms with Crippen molar-refractivity contribution in [2.24, 2.45) is 0 Å². The van der Waals surface area contributed by atoms with Crippen LogP contribution in [0.3, 0.4) is 0 Å². The number of amides is 1. The van der Waals surface area contributed by atoms with Gasteiger partial charge in [-0.15, -0.1) is 0 Å². The molecule has 1 amide bonds. The van der Waals surface area contributed by atoms with E-state index < -0.39 is 9.84 Å². The fourth-order valence-corrected chi connectivity index (χ4v) is 5.55. The van der Waals surface area contributed by atoms with Gasteiger partial charge in [-0.25, -0.2) is 8.42 Å². The Labute approximate surface area is 137 Å². The number of rotatable bonds is 5. The third kappa shape index (κ3) is 3.76. The van der Waals surface area contributed by atoms with Crippen molar-refractivity contribution in [1.29, 1.82) is 0 Å². The molecule has 1 aliphatic carbocycles. The molecule has 0 spiro atoms. The van der Waals surface area contributed by atoms with Crippen LogP contribution in [0.1, 0.15) is 44.1 Å². The normalized spacial score (nSPS) is 22.8. The second-order valence-electron chi connectivity index (χ2n) is 6.84. The predicted octanol–water partition coefficient (Wildman–Crippen LogP) is 1.54. The highest BCUT2D eigenvalue weighted by Crippen LogP contribution is 2.26. The number of sulfone groups is 1. The first-order valence-electron chi connectivity index (χ1n) is 8.46. The summed E-state index contributed by atoms with van der Waals surface area (Å²) in [6.45, 7) is 3.28. The molecule has 3 rings (SSSR count). The summed E-state index contributed by atoms with van der Waals surface area (Å²) < 4.78 is 26.7. The second-order valence-corrected chi connectivity index (χ2v) is 9.12. The highest BCUT2D eigenvalue weighted by molar-refractivity contribution is 7.92. The Balaban J connectivity index is 1.63. The molecule has 1 aromatic heterocycles. The van der Waals surface area contributed by atoms with Crippen molar-refractivity contribution < 1.29 is 13.2 Å². The predicted molar refractivity (Wildman–Crippen MR) is 87.7 cm³/mol. The van der Waals surface area contributed by atoms with E-state index in [1.807, 2.05) is 17.8 Å². The Morgan fingerprint density at radius 1 is 1.26 bits per heavy atom. The van der Waals surface area contributed by atoms with Gasteiger partial charge in [-0.05, 0) is 38.2 Å². The average Bonchev–Trinajstić information content (AvgIpc) is 3.20. The zero-order valence-corrected chi connectivity index (χ0v) is 14.5. The number of carbonyl (C=O) groups is 1. The Hall–Kier alpha value is -1.37. The molecule has 0 radical (unpaired) electrons. The van der Waals surface area contributed by atoms with Crippen molar-refractivity contribution in [3.05, 3.63) is 18.0 Å². The summed E-state index contributed by atoms with van der Waals surface area (Å²) in [4.78, 5) is 14.3. The van der Waals surface area contributed by atoms with Crippen LogP contribution in [0.2, 0.25) is 0 Å². The molecule has 2 fully saturated rings. The largest absolute Gasteiger partial charge is 0.337 e. The van der Waals surface area contributed by atoms with Crippen molar-refractivity contribution >= 4 is 15.7 Å². The van der Waals surface area contributed by atoms with Crippen LogP contribution in [0.4, 0.5) is 0 Å². The van der Waals surface area contributed by atoms with Gasteiger partial charge >= 0.3 is 0 Å². The molecule has 2 heterocycles. The topological polar surface area (TPSA) is 72.3 Å². The van der Waals surface area contributed by atoms with Crippen LogP contribution < -0.4 is 0 Å². The fourth-order valence-electron chi connectivity index (χ4n) is 3.76. The van der Waals surface area contributed by atoms with Gasteiger partial charge in [-0.1, -0.05) is 12.8 Å². The molecule has 1 saturated heterocycles. The molecule has 0 aromatic carbocycles. The van der Waals surface area contributed by atoms with Crippen LogP contribution in [0.25, 0.3) is 0 Å².